The quantitative estimate of drug-likeness (QED) is 0.863. The number of hydrogen-bond donors (Lipinski definition) is 0. The van der Waals surface area contributed by atoms with E-state index in [2.05, 4.69) is 4.98 Å². The first-order valence-electron chi connectivity index (χ1n) is 7.40. The Morgan fingerprint density at radius 2 is 2.19 bits per heavy atom. The van der Waals surface area contributed by atoms with Crippen LogP contribution in [-0.2, 0) is 9.47 Å². The van der Waals surface area contributed by atoms with Crippen LogP contribution in [0.2, 0.25) is 0 Å². The first-order chi connectivity index (χ1) is 10.3. The van der Waals surface area contributed by atoms with Crippen LogP contribution in [0, 0.1) is 6.92 Å². The fourth-order valence-electron chi connectivity index (χ4n) is 2.55. The molecule has 2 aliphatic rings. The molecule has 0 unspecified atom stereocenters. The van der Waals surface area contributed by atoms with Crippen molar-refractivity contribution in [2.75, 3.05) is 19.8 Å². The average Bonchev–Trinajstić information content (AvgIpc) is 3.27. The van der Waals surface area contributed by atoms with Gasteiger partial charge in [-0.2, -0.15) is 5.10 Å². The Hall–Kier alpha value is -1.79. The van der Waals surface area contributed by atoms with Gasteiger partial charge in [0, 0.05) is 17.8 Å². The van der Waals surface area contributed by atoms with E-state index in [1.807, 2.05) is 23.7 Å². The zero-order valence-corrected chi connectivity index (χ0v) is 12.0. The zero-order valence-electron chi connectivity index (χ0n) is 12.0. The third-order valence-corrected chi connectivity index (χ3v) is 3.82. The van der Waals surface area contributed by atoms with E-state index >= 15 is 0 Å². The Morgan fingerprint density at radius 1 is 1.29 bits per heavy atom. The fourth-order valence-corrected chi connectivity index (χ4v) is 2.55. The van der Waals surface area contributed by atoms with Crippen LogP contribution in [-0.4, -0.2) is 39.6 Å². The van der Waals surface area contributed by atoms with Crippen molar-refractivity contribution in [3.63, 3.8) is 0 Å². The summed E-state index contributed by atoms with van der Waals surface area (Å²) in [7, 11) is 0. The van der Waals surface area contributed by atoms with Gasteiger partial charge in [0.25, 0.3) is 0 Å². The second-order valence-corrected chi connectivity index (χ2v) is 5.60. The number of ether oxygens (including phenoxy) is 2. The van der Waals surface area contributed by atoms with Gasteiger partial charge in [-0.1, -0.05) is 0 Å². The summed E-state index contributed by atoms with van der Waals surface area (Å²) in [5.41, 5.74) is 1.94. The molecule has 0 N–H and O–H groups in total. The van der Waals surface area contributed by atoms with E-state index in [1.54, 1.807) is 6.20 Å². The van der Waals surface area contributed by atoms with E-state index in [9.17, 15) is 0 Å². The Labute approximate surface area is 123 Å². The number of nitrogens with zero attached hydrogens (tertiary/aromatic N) is 4. The van der Waals surface area contributed by atoms with Crippen molar-refractivity contribution >= 4 is 0 Å². The number of aryl methyl sites for hydroxylation is 1. The lowest BCUT2D eigenvalue weighted by Gasteiger charge is -2.22. The van der Waals surface area contributed by atoms with Gasteiger partial charge in [0.1, 0.15) is 6.10 Å². The number of rotatable bonds is 3. The van der Waals surface area contributed by atoms with E-state index in [-0.39, 0.29) is 6.10 Å². The van der Waals surface area contributed by atoms with Crippen LogP contribution in [0.1, 0.15) is 42.2 Å². The van der Waals surface area contributed by atoms with Crippen LogP contribution in [0.15, 0.2) is 18.3 Å². The second-order valence-electron chi connectivity index (χ2n) is 5.60. The minimum atomic E-state index is -0.146. The van der Waals surface area contributed by atoms with Crippen molar-refractivity contribution in [1.29, 1.82) is 0 Å². The number of pyridine rings is 1. The summed E-state index contributed by atoms with van der Waals surface area (Å²) in [6.07, 6.45) is 4.01. The van der Waals surface area contributed by atoms with E-state index in [4.69, 9.17) is 19.6 Å². The van der Waals surface area contributed by atoms with Gasteiger partial charge in [0.2, 0.25) is 0 Å². The van der Waals surface area contributed by atoms with Crippen molar-refractivity contribution in [3.05, 3.63) is 35.7 Å². The van der Waals surface area contributed by atoms with Crippen LogP contribution in [0.5, 0.6) is 0 Å². The van der Waals surface area contributed by atoms with Crippen molar-refractivity contribution in [1.82, 2.24) is 19.7 Å². The number of hydrogen-bond acceptors (Lipinski definition) is 5. The fraction of sp³-hybridized carbons (Fsp3) is 0.533. The van der Waals surface area contributed by atoms with E-state index in [0.29, 0.717) is 25.7 Å². The van der Waals surface area contributed by atoms with Crippen molar-refractivity contribution in [2.45, 2.75) is 31.8 Å². The largest absolute Gasteiger partial charge is 0.376 e. The summed E-state index contributed by atoms with van der Waals surface area (Å²) in [5.74, 6) is 2.27. The van der Waals surface area contributed by atoms with Crippen molar-refractivity contribution < 1.29 is 9.47 Å². The molecule has 0 radical (unpaired) electrons. The minimum Gasteiger partial charge on any atom is -0.376 e. The maximum atomic E-state index is 5.81. The lowest BCUT2D eigenvalue weighted by molar-refractivity contribution is -0.0942. The Balaban J connectivity index is 1.76. The van der Waals surface area contributed by atoms with Crippen LogP contribution in [0.25, 0.3) is 5.69 Å². The normalized spacial score (nSPS) is 22.4. The summed E-state index contributed by atoms with van der Waals surface area (Å²) in [6.45, 7) is 3.76. The van der Waals surface area contributed by atoms with Crippen molar-refractivity contribution in [2.24, 2.45) is 0 Å². The molecule has 6 nitrogen and oxygen atoms in total. The number of aromatic nitrogens is 4. The molecule has 0 bridgehead atoms. The van der Waals surface area contributed by atoms with Crippen molar-refractivity contribution in [3.8, 4) is 5.69 Å². The summed E-state index contributed by atoms with van der Waals surface area (Å²) < 4.78 is 13.2. The Bertz CT molecular complexity index is 645. The van der Waals surface area contributed by atoms with Crippen LogP contribution >= 0.6 is 0 Å². The maximum absolute atomic E-state index is 5.81. The third-order valence-electron chi connectivity index (χ3n) is 3.82. The lowest BCUT2D eigenvalue weighted by Crippen LogP contribution is -2.24. The summed E-state index contributed by atoms with van der Waals surface area (Å²) in [5, 5.41) is 4.70. The van der Waals surface area contributed by atoms with Gasteiger partial charge >= 0.3 is 0 Å². The molecular weight excluding hydrogens is 268 g/mol. The molecule has 6 heteroatoms. The molecule has 21 heavy (non-hydrogen) atoms. The first kappa shape index (κ1) is 12.9. The molecule has 2 fully saturated rings. The first-order valence-corrected chi connectivity index (χ1v) is 7.40. The zero-order chi connectivity index (χ0) is 14.2. The second kappa shape index (κ2) is 5.20. The van der Waals surface area contributed by atoms with Gasteiger partial charge in [0.05, 0.1) is 25.5 Å². The molecule has 1 aliphatic carbocycles. The molecule has 2 aromatic rings. The summed E-state index contributed by atoms with van der Waals surface area (Å²) in [4.78, 5) is 8.97. The summed E-state index contributed by atoms with van der Waals surface area (Å²) in [6, 6.07) is 3.96. The van der Waals surface area contributed by atoms with Gasteiger partial charge in [0.15, 0.2) is 11.6 Å². The maximum Gasteiger partial charge on any atom is 0.163 e. The molecule has 3 heterocycles. The molecule has 0 spiro atoms. The van der Waals surface area contributed by atoms with E-state index in [1.165, 1.54) is 12.8 Å². The van der Waals surface area contributed by atoms with E-state index < -0.39 is 0 Å². The van der Waals surface area contributed by atoms with E-state index in [0.717, 1.165) is 23.0 Å². The van der Waals surface area contributed by atoms with Gasteiger partial charge in [-0.05, 0) is 31.9 Å². The van der Waals surface area contributed by atoms with Crippen LogP contribution in [0.4, 0.5) is 0 Å². The minimum absolute atomic E-state index is 0.146. The molecular formula is C15H18N4O2. The summed E-state index contributed by atoms with van der Waals surface area (Å²) >= 11 is 0. The molecule has 4 rings (SSSR count). The topological polar surface area (TPSA) is 62.1 Å². The molecule has 1 saturated heterocycles. The lowest BCUT2D eigenvalue weighted by atomic mass is 10.3. The highest BCUT2D eigenvalue weighted by Crippen LogP contribution is 2.39. The predicted octanol–water partition coefficient (Wildman–Crippen LogP) is 1.94. The Morgan fingerprint density at radius 3 is 2.90 bits per heavy atom. The highest BCUT2D eigenvalue weighted by atomic mass is 16.6. The Kier molecular flexibility index (Phi) is 3.20. The highest BCUT2D eigenvalue weighted by molar-refractivity contribution is 5.32. The van der Waals surface area contributed by atoms with Gasteiger partial charge < -0.3 is 9.47 Å². The monoisotopic (exact) mass is 286 g/mol. The van der Waals surface area contributed by atoms with Gasteiger partial charge in [-0.15, -0.1) is 0 Å². The molecule has 0 amide bonds. The van der Waals surface area contributed by atoms with Crippen LogP contribution in [0.3, 0.4) is 0 Å². The molecule has 1 aliphatic heterocycles. The average molecular weight is 286 g/mol. The molecule has 0 aromatic carbocycles. The van der Waals surface area contributed by atoms with Gasteiger partial charge in [-0.3, -0.25) is 4.98 Å². The molecule has 2 aromatic heterocycles. The third kappa shape index (κ3) is 2.56. The molecule has 1 saturated carbocycles. The SMILES string of the molecule is Cc1cc(-n2nc(C3CC3)nc2[C@H]2COCCO2)ccn1. The predicted molar refractivity (Wildman–Crippen MR) is 75.4 cm³/mol. The van der Waals surface area contributed by atoms with Gasteiger partial charge in [-0.25, -0.2) is 9.67 Å². The standard InChI is InChI=1S/C15H18N4O2/c1-10-8-12(4-5-16-10)19-15(13-9-20-6-7-21-13)17-14(18-19)11-2-3-11/h4-5,8,11,13H,2-3,6-7,9H2,1H3/t13-/m1/s1. The molecule has 1 atom stereocenters. The van der Waals surface area contributed by atoms with Crippen LogP contribution < -0.4 is 0 Å². The smallest absolute Gasteiger partial charge is 0.163 e. The molecule has 110 valence electrons. The highest BCUT2D eigenvalue weighted by Gasteiger charge is 2.32.